The van der Waals surface area contributed by atoms with Crippen molar-refractivity contribution in [2.45, 2.75) is 27.3 Å². The summed E-state index contributed by atoms with van der Waals surface area (Å²) < 4.78 is 1.82. The van der Waals surface area contributed by atoms with Crippen molar-refractivity contribution < 1.29 is 0 Å². The molecule has 0 unspecified atom stereocenters. The lowest BCUT2D eigenvalue weighted by Crippen LogP contribution is -2.21. The number of nitrogens with one attached hydrogen (secondary N) is 1. The quantitative estimate of drug-likeness (QED) is 0.583. The number of aliphatic imine (C=N–C) groups is 1. The number of hydrogen-bond acceptors (Lipinski definition) is 2. The SMILES string of the molecule is CCn1cc(NC(N)=NC=C(C)C)cn1. The van der Waals surface area contributed by atoms with Crippen LogP contribution in [0.4, 0.5) is 5.69 Å². The number of anilines is 1. The first-order valence-electron chi connectivity index (χ1n) is 4.88. The Bertz CT molecular complexity index is 371. The van der Waals surface area contributed by atoms with Crippen LogP contribution >= 0.6 is 0 Å². The molecule has 1 aromatic heterocycles. The van der Waals surface area contributed by atoms with Crippen molar-refractivity contribution in [2.24, 2.45) is 10.7 Å². The average Bonchev–Trinajstić information content (AvgIpc) is 2.62. The second kappa shape index (κ2) is 5.19. The molecule has 0 atom stereocenters. The lowest BCUT2D eigenvalue weighted by molar-refractivity contribution is 0.660. The van der Waals surface area contributed by atoms with Crippen LogP contribution < -0.4 is 11.1 Å². The molecule has 5 nitrogen and oxygen atoms in total. The smallest absolute Gasteiger partial charge is 0.197 e. The second-order valence-corrected chi connectivity index (χ2v) is 3.43. The van der Waals surface area contributed by atoms with Gasteiger partial charge >= 0.3 is 0 Å². The first kappa shape index (κ1) is 11.3. The van der Waals surface area contributed by atoms with E-state index in [0.29, 0.717) is 5.96 Å². The molecule has 15 heavy (non-hydrogen) atoms. The van der Waals surface area contributed by atoms with Gasteiger partial charge in [-0.3, -0.25) is 4.68 Å². The summed E-state index contributed by atoms with van der Waals surface area (Å²) >= 11 is 0. The normalized spacial score (nSPS) is 11.3. The minimum atomic E-state index is 0.367. The van der Waals surface area contributed by atoms with Crippen molar-refractivity contribution in [3.8, 4) is 0 Å². The molecule has 0 aromatic carbocycles. The fourth-order valence-corrected chi connectivity index (χ4v) is 0.980. The van der Waals surface area contributed by atoms with Gasteiger partial charge < -0.3 is 11.1 Å². The molecular formula is C10H17N5. The van der Waals surface area contributed by atoms with Crippen molar-refractivity contribution in [1.82, 2.24) is 9.78 Å². The van der Waals surface area contributed by atoms with Crippen molar-refractivity contribution in [3.05, 3.63) is 24.2 Å². The van der Waals surface area contributed by atoms with Crippen LogP contribution in [0.5, 0.6) is 0 Å². The molecule has 1 rings (SSSR count). The van der Waals surface area contributed by atoms with Gasteiger partial charge in [0.2, 0.25) is 0 Å². The summed E-state index contributed by atoms with van der Waals surface area (Å²) in [6, 6.07) is 0. The number of nitrogens with zero attached hydrogens (tertiary/aromatic N) is 3. The third-order valence-electron chi connectivity index (χ3n) is 1.69. The summed E-state index contributed by atoms with van der Waals surface area (Å²) in [6.07, 6.45) is 5.31. The molecule has 0 fully saturated rings. The summed E-state index contributed by atoms with van der Waals surface area (Å²) in [5.74, 6) is 0.367. The standard InChI is InChI=1S/C10H17N5/c1-4-15-7-9(6-13-15)14-10(11)12-5-8(2)3/h5-7H,4H2,1-3H3,(H3,11,12,14). The highest BCUT2D eigenvalue weighted by atomic mass is 15.3. The third-order valence-corrected chi connectivity index (χ3v) is 1.69. The number of guanidine groups is 1. The zero-order valence-corrected chi connectivity index (χ0v) is 9.36. The predicted octanol–water partition coefficient (Wildman–Crippen LogP) is 1.55. The molecule has 0 aliphatic carbocycles. The van der Waals surface area contributed by atoms with E-state index in [-0.39, 0.29) is 0 Å². The van der Waals surface area contributed by atoms with E-state index in [1.54, 1.807) is 12.4 Å². The molecule has 0 saturated heterocycles. The maximum absolute atomic E-state index is 5.66. The van der Waals surface area contributed by atoms with Gasteiger partial charge in [0.25, 0.3) is 0 Å². The predicted molar refractivity (Wildman–Crippen MR) is 62.6 cm³/mol. The van der Waals surface area contributed by atoms with E-state index in [9.17, 15) is 0 Å². The Morgan fingerprint density at radius 2 is 2.40 bits per heavy atom. The number of nitrogens with two attached hydrogens (primary N) is 1. The Labute approximate surface area is 89.7 Å². The Hall–Kier alpha value is -1.78. The minimum Gasteiger partial charge on any atom is -0.369 e. The van der Waals surface area contributed by atoms with Gasteiger partial charge in [-0.15, -0.1) is 0 Å². The van der Waals surface area contributed by atoms with Crippen LogP contribution in [0.3, 0.4) is 0 Å². The van der Waals surface area contributed by atoms with Gasteiger partial charge in [0.15, 0.2) is 5.96 Å². The van der Waals surface area contributed by atoms with Crippen LogP contribution in [0.25, 0.3) is 0 Å². The fourth-order valence-electron chi connectivity index (χ4n) is 0.980. The molecule has 3 N–H and O–H groups in total. The molecule has 0 radical (unpaired) electrons. The molecule has 1 aromatic rings. The molecule has 0 aliphatic heterocycles. The van der Waals surface area contributed by atoms with E-state index < -0.39 is 0 Å². The van der Waals surface area contributed by atoms with Gasteiger partial charge in [-0.2, -0.15) is 5.10 Å². The largest absolute Gasteiger partial charge is 0.369 e. The summed E-state index contributed by atoms with van der Waals surface area (Å²) in [5.41, 5.74) is 7.61. The highest BCUT2D eigenvalue weighted by Crippen LogP contribution is 2.03. The number of aryl methyl sites for hydroxylation is 1. The zero-order valence-electron chi connectivity index (χ0n) is 9.36. The molecule has 1 heterocycles. The Morgan fingerprint density at radius 1 is 1.67 bits per heavy atom. The highest BCUT2D eigenvalue weighted by Gasteiger charge is 1.97. The van der Waals surface area contributed by atoms with Crippen LogP contribution in [0.2, 0.25) is 0 Å². The van der Waals surface area contributed by atoms with Crippen molar-refractivity contribution in [1.29, 1.82) is 0 Å². The number of allylic oxidation sites excluding steroid dienone is 1. The monoisotopic (exact) mass is 207 g/mol. The van der Waals surface area contributed by atoms with Crippen molar-refractivity contribution >= 4 is 11.6 Å². The van der Waals surface area contributed by atoms with E-state index >= 15 is 0 Å². The number of hydrogen-bond donors (Lipinski definition) is 2. The van der Waals surface area contributed by atoms with E-state index in [2.05, 4.69) is 15.4 Å². The Balaban J connectivity index is 2.61. The highest BCUT2D eigenvalue weighted by molar-refractivity contribution is 5.92. The molecule has 0 aliphatic rings. The molecular weight excluding hydrogens is 190 g/mol. The van der Waals surface area contributed by atoms with Crippen LogP contribution in [0.1, 0.15) is 20.8 Å². The van der Waals surface area contributed by atoms with Gasteiger partial charge in [-0.25, -0.2) is 4.99 Å². The van der Waals surface area contributed by atoms with Crippen LogP contribution in [0.15, 0.2) is 29.2 Å². The lowest BCUT2D eigenvalue weighted by atomic mass is 10.4. The van der Waals surface area contributed by atoms with E-state index in [0.717, 1.165) is 17.8 Å². The molecule has 0 bridgehead atoms. The summed E-state index contributed by atoms with van der Waals surface area (Å²) in [5, 5.41) is 7.06. The van der Waals surface area contributed by atoms with Crippen molar-refractivity contribution in [3.63, 3.8) is 0 Å². The minimum absolute atomic E-state index is 0.367. The van der Waals surface area contributed by atoms with Gasteiger partial charge in [0.05, 0.1) is 11.9 Å². The van der Waals surface area contributed by atoms with Gasteiger partial charge in [-0.1, -0.05) is 5.57 Å². The van der Waals surface area contributed by atoms with Crippen molar-refractivity contribution in [2.75, 3.05) is 5.32 Å². The fraction of sp³-hybridized carbons (Fsp3) is 0.400. The maximum Gasteiger partial charge on any atom is 0.197 e. The summed E-state index contributed by atoms with van der Waals surface area (Å²) in [6.45, 7) is 6.79. The molecule has 5 heteroatoms. The molecule has 0 spiro atoms. The Morgan fingerprint density at radius 3 is 2.93 bits per heavy atom. The summed E-state index contributed by atoms with van der Waals surface area (Å²) in [4.78, 5) is 4.04. The average molecular weight is 207 g/mol. The number of aromatic nitrogens is 2. The van der Waals surface area contributed by atoms with Gasteiger partial charge in [-0.05, 0) is 20.8 Å². The zero-order chi connectivity index (χ0) is 11.3. The van der Waals surface area contributed by atoms with Crippen LogP contribution in [0, 0.1) is 0 Å². The summed E-state index contributed by atoms with van der Waals surface area (Å²) in [7, 11) is 0. The number of rotatable bonds is 3. The third kappa shape index (κ3) is 3.84. The maximum atomic E-state index is 5.66. The topological polar surface area (TPSA) is 68.2 Å². The molecule has 82 valence electrons. The Kier molecular flexibility index (Phi) is 3.91. The lowest BCUT2D eigenvalue weighted by Gasteiger charge is -1.99. The van der Waals surface area contributed by atoms with E-state index in [4.69, 9.17) is 5.73 Å². The van der Waals surface area contributed by atoms with E-state index in [1.165, 1.54) is 0 Å². The molecule has 0 saturated carbocycles. The van der Waals surface area contributed by atoms with Gasteiger partial charge in [0.1, 0.15) is 0 Å². The first-order chi connectivity index (χ1) is 7.11. The second-order valence-electron chi connectivity index (χ2n) is 3.43. The van der Waals surface area contributed by atoms with Gasteiger partial charge in [0, 0.05) is 18.9 Å². The van der Waals surface area contributed by atoms with Crippen LogP contribution in [-0.4, -0.2) is 15.7 Å². The van der Waals surface area contributed by atoms with E-state index in [1.807, 2.05) is 31.6 Å². The first-order valence-corrected chi connectivity index (χ1v) is 4.88. The molecule has 0 amide bonds. The van der Waals surface area contributed by atoms with Crippen LogP contribution in [-0.2, 0) is 6.54 Å².